The molecule has 2 aliphatic rings. The van der Waals surface area contributed by atoms with E-state index in [1.54, 1.807) is 16.7 Å². The van der Waals surface area contributed by atoms with E-state index < -0.39 is 4.75 Å². The van der Waals surface area contributed by atoms with Crippen LogP contribution in [0.2, 0.25) is 0 Å². The molecular formula is C16H20N2O3S. The number of carbonyl (C=O) groups excluding carboxylic acids is 2. The second-order valence-electron chi connectivity index (χ2n) is 5.56. The van der Waals surface area contributed by atoms with Crippen molar-refractivity contribution in [1.82, 2.24) is 4.90 Å². The summed E-state index contributed by atoms with van der Waals surface area (Å²) in [4.78, 5) is 30.3. The number of ether oxygens (including phenoxy) is 1. The quantitative estimate of drug-likeness (QED) is 0.779. The molecule has 2 heterocycles. The summed E-state index contributed by atoms with van der Waals surface area (Å²) in [7, 11) is 0. The molecule has 6 heteroatoms. The van der Waals surface area contributed by atoms with Crippen LogP contribution in [-0.2, 0) is 14.3 Å². The minimum Gasteiger partial charge on any atom is -0.378 e. The van der Waals surface area contributed by atoms with Gasteiger partial charge in [0.05, 0.1) is 18.9 Å². The Morgan fingerprint density at radius 2 is 2.00 bits per heavy atom. The van der Waals surface area contributed by atoms with E-state index in [2.05, 4.69) is 0 Å². The first-order chi connectivity index (χ1) is 10.6. The Balaban J connectivity index is 1.96. The molecule has 22 heavy (non-hydrogen) atoms. The number of carbonyl (C=O) groups is 2. The van der Waals surface area contributed by atoms with Crippen molar-refractivity contribution in [3.8, 4) is 0 Å². The van der Waals surface area contributed by atoms with E-state index in [9.17, 15) is 9.59 Å². The van der Waals surface area contributed by atoms with Crippen molar-refractivity contribution >= 4 is 29.3 Å². The summed E-state index contributed by atoms with van der Waals surface area (Å²) >= 11 is 1.37. The highest BCUT2D eigenvalue weighted by Crippen LogP contribution is 2.46. The zero-order valence-corrected chi connectivity index (χ0v) is 13.7. The van der Waals surface area contributed by atoms with Gasteiger partial charge in [-0.25, -0.2) is 0 Å². The lowest BCUT2D eigenvalue weighted by atomic mass is 10.1. The predicted molar refractivity (Wildman–Crippen MR) is 86.1 cm³/mol. The molecule has 5 nitrogen and oxygen atoms in total. The number of fused-ring (bicyclic) bond motifs is 1. The van der Waals surface area contributed by atoms with E-state index in [4.69, 9.17) is 4.74 Å². The normalized spacial score (nSPS) is 25.1. The summed E-state index contributed by atoms with van der Waals surface area (Å²) in [5.74, 6) is -0.242. The molecule has 1 aromatic rings. The predicted octanol–water partition coefficient (Wildman–Crippen LogP) is 1.76. The van der Waals surface area contributed by atoms with Crippen molar-refractivity contribution in [2.75, 3.05) is 37.7 Å². The van der Waals surface area contributed by atoms with Crippen molar-refractivity contribution in [2.45, 2.75) is 23.5 Å². The van der Waals surface area contributed by atoms with E-state index in [1.165, 1.54) is 11.8 Å². The zero-order valence-electron chi connectivity index (χ0n) is 12.9. The number of rotatable bonds is 2. The average Bonchev–Trinajstić information content (AvgIpc) is 2.56. The highest BCUT2D eigenvalue weighted by Gasteiger charge is 2.50. The molecule has 2 aliphatic heterocycles. The van der Waals surface area contributed by atoms with Crippen LogP contribution in [0.4, 0.5) is 5.69 Å². The molecule has 1 aromatic carbocycles. The lowest BCUT2D eigenvalue weighted by Crippen LogP contribution is -2.58. The average molecular weight is 320 g/mol. The Bertz CT molecular complexity index is 601. The molecule has 1 saturated heterocycles. The molecule has 0 radical (unpaired) electrons. The topological polar surface area (TPSA) is 49.9 Å². The zero-order chi connectivity index (χ0) is 15.7. The third kappa shape index (κ3) is 2.40. The molecule has 0 N–H and O–H groups in total. The first-order valence-electron chi connectivity index (χ1n) is 7.55. The van der Waals surface area contributed by atoms with Crippen molar-refractivity contribution in [3.05, 3.63) is 24.3 Å². The smallest absolute Gasteiger partial charge is 0.252 e. The Morgan fingerprint density at radius 3 is 2.68 bits per heavy atom. The molecule has 3 rings (SSSR count). The van der Waals surface area contributed by atoms with Gasteiger partial charge in [0.25, 0.3) is 5.91 Å². The maximum Gasteiger partial charge on any atom is 0.252 e. The van der Waals surface area contributed by atoms with E-state index in [0.29, 0.717) is 32.8 Å². The third-order valence-electron chi connectivity index (χ3n) is 4.15. The van der Waals surface area contributed by atoms with Crippen molar-refractivity contribution < 1.29 is 14.3 Å². The molecule has 0 bridgehead atoms. The van der Waals surface area contributed by atoms with Crippen LogP contribution >= 0.6 is 11.8 Å². The molecular weight excluding hydrogens is 300 g/mol. The van der Waals surface area contributed by atoms with Gasteiger partial charge >= 0.3 is 0 Å². The Hall–Kier alpha value is -1.53. The van der Waals surface area contributed by atoms with Crippen molar-refractivity contribution in [2.24, 2.45) is 0 Å². The van der Waals surface area contributed by atoms with E-state index in [1.807, 2.05) is 31.2 Å². The van der Waals surface area contributed by atoms with E-state index in [0.717, 1.165) is 10.6 Å². The molecule has 2 amide bonds. The molecule has 0 saturated carbocycles. The fraction of sp³-hybridized carbons (Fsp3) is 0.500. The lowest BCUT2D eigenvalue weighted by molar-refractivity contribution is -0.141. The summed E-state index contributed by atoms with van der Waals surface area (Å²) in [5, 5.41) is 0. The summed E-state index contributed by atoms with van der Waals surface area (Å²) < 4.78 is 4.20. The molecule has 0 aromatic heterocycles. The molecule has 1 atom stereocenters. The van der Waals surface area contributed by atoms with E-state index >= 15 is 0 Å². The SMILES string of the molecule is CCN1C(=O)C(C)(C(=O)N2CCOCC2)Sc2ccccc21. The standard InChI is InChI=1S/C16H20N2O3S/c1-3-18-12-6-4-5-7-13(12)22-16(2,15(18)20)14(19)17-8-10-21-11-9-17/h4-7H,3,8-11H2,1-2H3. The van der Waals surface area contributed by atoms with Crippen LogP contribution in [0.25, 0.3) is 0 Å². The van der Waals surface area contributed by atoms with Crippen LogP contribution in [-0.4, -0.2) is 54.3 Å². The molecule has 1 unspecified atom stereocenters. The maximum absolute atomic E-state index is 13.0. The van der Waals surface area contributed by atoms with Crippen LogP contribution in [0.5, 0.6) is 0 Å². The number of amides is 2. The lowest BCUT2D eigenvalue weighted by Gasteiger charge is -2.41. The van der Waals surface area contributed by atoms with Crippen LogP contribution in [0.3, 0.4) is 0 Å². The van der Waals surface area contributed by atoms with Crippen LogP contribution in [0.1, 0.15) is 13.8 Å². The molecule has 1 fully saturated rings. The molecule has 118 valence electrons. The largest absolute Gasteiger partial charge is 0.378 e. The monoisotopic (exact) mass is 320 g/mol. The van der Waals surface area contributed by atoms with Gasteiger partial charge < -0.3 is 14.5 Å². The first-order valence-corrected chi connectivity index (χ1v) is 8.36. The Kier molecular flexibility index (Phi) is 4.14. The fourth-order valence-corrected chi connectivity index (χ4v) is 4.20. The third-order valence-corrected chi connectivity index (χ3v) is 5.47. The van der Waals surface area contributed by atoms with Gasteiger partial charge in [0, 0.05) is 24.5 Å². The number of anilines is 1. The van der Waals surface area contributed by atoms with Gasteiger partial charge in [0.15, 0.2) is 4.75 Å². The van der Waals surface area contributed by atoms with Gasteiger partial charge in [-0.3, -0.25) is 9.59 Å². The van der Waals surface area contributed by atoms with E-state index in [-0.39, 0.29) is 11.8 Å². The summed E-state index contributed by atoms with van der Waals surface area (Å²) in [6.45, 7) is 6.42. The van der Waals surface area contributed by atoms with Gasteiger partial charge in [-0.2, -0.15) is 0 Å². The van der Waals surface area contributed by atoms with Gasteiger partial charge in [-0.15, -0.1) is 0 Å². The number of nitrogens with zero attached hydrogens (tertiary/aromatic N) is 2. The summed E-state index contributed by atoms with van der Waals surface area (Å²) in [6.07, 6.45) is 0. The number of benzene rings is 1. The summed E-state index contributed by atoms with van der Waals surface area (Å²) in [5.41, 5.74) is 0.896. The van der Waals surface area contributed by atoms with Gasteiger partial charge in [-0.1, -0.05) is 23.9 Å². The number of hydrogen-bond donors (Lipinski definition) is 0. The number of thioether (sulfide) groups is 1. The number of hydrogen-bond acceptors (Lipinski definition) is 4. The van der Waals surface area contributed by atoms with Gasteiger partial charge in [-0.05, 0) is 26.0 Å². The highest BCUT2D eigenvalue weighted by atomic mass is 32.2. The number of morpholine rings is 1. The Morgan fingerprint density at radius 1 is 1.32 bits per heavy atom. The van der Waals surface area contributed by atoms with Crippen molar-refractivity contribution in [3.63, 3.8) is 0 Å². The molecule has 0 spiro atoms. The van der Waals surface area contributed by atoms with Crippen LogP contribution in [0.15, 0.2) is 29.2 Å². The van der Waals surface area contributed by atoms with Crippen LogP contribution < -0.4 is 4.90 Å². The second kappa shape index (κ2) is 5.93. The highest BCUT2D eigenvalue weighted by molar-refractivity contribution is 8.02. The second-order valence-corrected chi connectivity index (χ2v) is 7.02. The van der Waals surface area contributed by atoms with Gasteiger partial charge in [0.1, 0.15) is 0 Å². The molecule has 0 aliphatic carbocycles. The fourth-order valence-electron chi connectivity index (χ4n) is 2.91. The number of para-hydroxylation sites is 1. The van der Waals surface area contributed by atoms with Crippen molar-refractivity contribution in [1.29, 1.82) is 0 Å². The minimum absolute atomic E-state index is 0.112. The first kappa shape index (κ1) is 15.4. The maximum atomic E-state index is 13.0. The minimum atomic E-state index is -1.10. The summed E-state index contributed by atoms with van der Waals surface area (Å²) in [6, 6.07) is 7.76. The van der Waals surface area contributed by atoms with Crippen LogP contribution in [0, 0.1) is 0 Å². The Labute approximate surface area is 134 Å². The van der Waals surface area contributed by atoms with Gasteiger partial charge in [0.2, 0.25) is 5.91 Å².